The summed E-state index contributed by atoms with van der Waals surface area (Å²) in [6, 6.07) is 0. The molecule has 0 bridgehead atoms. The summed E-state index contributed by atoms with van der Waals surface area (Å²) < 4.78 is 0. The standard InChI is InChI=1S/C19H26O8/c1-2-11(9-3-5-12(16(20)21)14(7-9)18(24)25)10-4-6-13(17(22)23)15(8-10)19(26)27/h2,9-10,12-15H,3-8H2,1H3,(H,20,21)(H,22,23)(H,24,25)(H,26,27). The van der Waals surface area contributed by atoms with E-state index < -0.39 is 47.5 Å². The van der Waals surface area contributed by atoms with Crippen molar-refractivity contribution >= 4 is 23.9 Å². The summed E-state index contributed by atoms with van der Waals surface area (Å²) in [6.07, 6.45) is 3.90. The number of aliphatic carboxylic acids is 4. The van der Waals surface area contributed by atoms with Crippen LogP contribution in [0, 0.1) is 35.5 Å². The zero-order valence-electron chi connectivity index (χ0n) is 15.2. The molecule has 6 atom stereocenters. The largest absolute Gasteiger partial charge is 0.481 e. The Kier molecular flexibility index (Phi) is 6.62. The van der Waals surface area contributed by atoms with Crippen molar-refractivity contribution in [2.45, 2.75) is 45.4 Å². The molecule has 2 saturated carbocycles. The predicted molar refractivity (Wildman–Crippen MR) is 92.9 cm³/mol. The fourth-order valence-corrected chi connectivity index (χ4v) is 4.89. The van der Waals surface area contributed by atoms with Crippen molar-refractivity contribution < 1.29 is 39.6 Å². The summed E-state index contributed by atoms with van der Waals surface area (Å²) in [7, 11) is 0. The van der Waals surface area contributed by atoms with Crippen LogP contribution in [0.2, 0.25) is 0 Å². The van der Waals surface area contributed by atoms with Crippen LogP contribution < -0.4 is 0 Å². The minimum Gasteiger partial charge on any atom is -0.481 e. The van der Waals surface area contributed by atoms with Gasteiger partial charge >= 0.3 is 23.9 Å². The highest BCUT2D eigenvalue weighted by Crippen LogP contribution is 2.45. The second-order valence-corrected chi connectivity index (χ2v) is 7.59. The lowest BCUT2D eigenvalue weighted by molar-refractivity contribution is -0.157. The van der Waals surface area contributed by atoms with Gasteiger partial charge in [0.15, 0.2) is 0 Å². The van der Waals surface area contributed by atoms with E-state index >= 15 is 0 Å². The van der Waals surface area contributed by atoms with Crippen molar-refractivity contribution in [1.29, 1.82) is 0 Å². The van der Waals surface area contributed by atoms with Crippen LogP contribution in [-0.2, 0) is 19.2 Å². The first-order valence-electron chi connectivity index (χ1n) is 9.24. The Bertz CT molecular complexity index is 600. The molecular formula is C19H26O8. The number of hydrogen-bond donors (Lipinski definition) is 4. The molecule has 8 heteroatoms. The third kappa shape index (κ3) is 4.48. The van der Waals surface area contributed by atoms with E-state index in [0.29, 0.717) is 12.8 Å². The minimum absolute atomic E-state index is 0.118. The van der Waals surface area contributed by atoms with Crippen molar-refractivity contribution in [3.63, 3.8) is 0 Å². The summed E-state index contributed by atoms with van der Waals surface area (Å²) in [5, 5.41) is 37.4. The predicted octanol–water partition coefficient (Wildman–Crippen LogP) is 2.34. The summed E-state index contributed by atoms with van der Waals surface area (Å²) in [6.45, 7) is 1.81. The summed E-state index contributed by atoms with van der Waals surface area (Å²) in [4.78, 5) is 45.7. The van der Waals surface area contributed by atoms with E-state index in [2.05, 4.69) is 0 Å². The van der Waals surface area contributed by atoms with Gasteiger partial charge in [-0.3, -0.25) is 19.2 Å². The van der Waals surface area contributed by atoms with Gasteiger partial charge in [-0.25, -0.2) is 0 Å². The van der Waals surface area contributed by atoms with Crippen LogP contribution in [0.15, 0.2) is 11.6 Å². The average molecular weight is 382 g/mol. The molecule has 8 nitrogen and oxygen atoms in total. The van der Waals surface area contributed by atoms with E-state index in [-0.39, 0.29) is 37.5 Å². The molecule has 2 aliphatic carbocycles. The molecular weight excluding hydrogens is 356 g/mol. The van der Waals surface area contributed by atoms with E-state index in [9.17, 15) is 39.6 Å². The fraction of sp³-hybridized carbons (Fsp3) is 0.684. The number of allylic oxidation sites excluding steroid dienone is 2. The Morgan fingerprint density at radius 1 is 0.630 bits per heavy atom. The van der Waals surface area contributed by atoms with Crippen LogP contribution in [0.25, 0.3) is 0 Å². The molecule has 2 rings (SSSR count). The Morgan fingerprint density at radius 2 is 0.963 bits per heavy atom. The Labute approximate surface area is 156 Å². The van der Waals surface area contributed by atoms with Crippen LogP contribution >= 0.6 is 0 Å². The Hall–Kier alpha value is -2.38. The lowest BCUT2D eigenvalue weighted by Gasteiger charge is -2.39. The van der Waals surface area contributed by atoms with Gasteiger partial charge in [-0.05, 0) is 57.3 Å². The van der Waals surface area contributed by atoms with Crippen molar-refractivity contribution in [3.8, 4) is 0 Å². The first kappa shape index (κ1) is 20.9. The van der Waals surface area contributed by atoms with Crippen LogP contribution in [0.5, 0.6) is 0 Å². The first-order chi connectivity index (χ1) is 12.7. The van der Waals surface area contributed by atoms with Crippen molar-refractivity contribution in [3.05, 3.63) is 11.6 Å². The summed E-state index contributed by atoms with van der Waals surface area (Å²) in [5.74, 6) is -8.45. The van der Waals surface area contributed by atoms with Crippen LogP contribution in [0.4, 0.5) is 0 Å². The molecule has 4 N–H and O–H groups in total. The molecule has 0 aromatic carbocycles. The maximum atomic E-state index is 11.5. The first-order valence-corrected chi connectivity index (χ1v) is 9.24. The van der Waals surface area contributed by atoms with Gasteiger partial charge in [0.25, 0.3) is 0 Å². The number of carbonyl (C=O) groups is 4. The lowest BCUT2D eigenvalue weighted by Crippen LogP contribution is -2.39. The third-order valence-electron chi connectivity index (χ3n) is 6.25. The molecule has 2 aliphatic rings. The Balaban J connectivity index is 2.17. The molecule has 0 heterocycles. The van der Waals surface area contributed by atoms with Crippen molar-refractivity contribution in [2.75, 3.05) is 0 Å². The normalized spacial score (nSPS) is 33.7. The van der Waals surface area contributed by atoms with Crippen LogP contribution in [0.3, 0.4) is 0 Å². The van der Waals surface area contributed by atoms with E-state index in [1.54, 1.807) is 0 Å². The average Bonchev–Trinajstić information content (AvgIpc) is 2.61. The summed E-state index contributed by atoms with van der Waals surface area (Å²) in [5.41, 5.74) is 0.945. The van der Waals surface area contributed by atoms with Gasteiger partial charge in [0.2, 0.25) is 0 Å². The SMILES string of the molecule is CC=C(C1CCC(C(=O)O)C(C(=O)O)C1)C1CCC(C(=O)O)C(C(=O)O)C1. The van der Waals surface area contributed by atoms with Gasteiger partial charge in [-0.1, -0.05) is 11.6 Å². The van der Waals surface area contributed by atoms with Gasteiger partial charge in [-0.15, -0.1) is 0 Å². The number of hydrogen-bond acceptors (Lipinski definition) is 4. The zero-order valence-corrected chi connectivity index (χ0v) is 15.2. The highest BCUT2D eigenvalue weighted by molar-refractivity contribution is 5.81. The van der Waals surface area contributed by atoms with E-state index in [1.807, 2.05) is 13.0 Å². The lowest BCUT2D eigenvalue weighted by atomic mass is 9.65. The molecule has 0 saturated heterocycles. The van der Waals surface area contributed by atoms with Crippen LogP contribution in [0.1, 0.15) is 45.4 Å². The van der Waals surface area contributed by atoms with Crippen molar-refractivity contribution in [1.82, 2.24) is 0 Å². The minimum atomic E-state index is -1.12. The molecule has 27 heavy (non-hydrogen) atoms. The molecule has 6 unspecified atom stereocenters. The molecule has 0 radical (unpaired) electrons. The molecule has 0 amide bonds. The molecule has 0 aromatic rings. The number of rotatable bonds is 6. The second-order valence-electron chi connectivity index (χ2n) is 7.59. The maximum Gasteiger partial charge on any atom is 0.307 e. The van der Waals surface area contributed by atoms with Gasteiger partial charge in [-0.2, -0.15) is 0 Å². The fourth-order valence-electron chi connectivity index (χ4n) is 4.89. The third-order valence-corrected chi connectivity index (χ3v) is 6.25. The molecule has 2 fully saturated rings. The van der Waals surface area contributed by atoms with E-state index in [0.717, 1.165) is 5.57 Å². The highest BCUT2D eigenvalue weighted by Gasteiger charge is 2.44. The second kappa shape index (κ2) is 8.54. The zero-order chi connectivity index (χ0) is 20.3. The number of carboxylic acid groups (broad SMARTS) is 4. The quantitative estimate of drug-likeness (QED) is 0.511. The summed E-state index contributed by atoms with van der Waals surface area (Å²) >= 11 is 0. The van der Waals surface area contributed by atoms with E-state index in [1.165, 1.54) is 0 Å². The maximum absolute atomic E-state index is 11.5. The molecule has 0 aliphatic heterocycles. The van der Waals surface area contributed by atoms with E-state index in [4.69, 9.17) is 0 Å². The molecule has 0 aromatic heterocycles. The highest BCUT2D eigenvalue weighted by atomic mass is 16.4. The van der Waals surface area contributed by atoms with Gasteiger partial charge in [0.1, 0.15) is 0 Å². The van der Waals surface area contributed by atoms with Gasteiger partial charge in [0, 0.05) is 0 Å². The number of carboxylic acids is 4. The smallest absolute Gasteiger partial charge is 0.307 e. The van der Waals surface area contributed by atoms with Gasteiger partial charge in [0.05, 0.1) is 23.7 Å². The van der Waals surface area contributed by atoms with Crippen molar-refractivity contribution in [2.24, 2.45) is 35.5 Å². The molecule has 150 valence electrons. The topological polar surface area (TPSA) is 149 Å². The van der Waals surface area contributed by atoms with Gasteiger partial charge < -0.3 is 20.4 Å². The monoisotopic (exact) mass is 382 g/mol. The molecule has 0 spiro atoms. The van der Waals surface area contributed by atoms with Crippen LogP contribution in [-0.4, -0.2) is 44.3 Å². The Morgan fingerprint density at radius 3 is 1.22 bits per heavy atom.